The molecule has 1 rings (SSSR count). The zero-order valence-electron chi connectivity index (χ0n) is 7.06. The lowest BCUT2D eigenvalue weighted by Gasteiger charge is -2.04. The maximum Gasteiger partial charge on any atom is 0.294 e. The summed E-state index contributed by atoms with van der Waals surface area (Å²) in [6.45, 7) is 1.74. The molecule has 4 nitrogen and oxygen atoms in total. The van der Waals surface area contributed by atoms with Crippen molar-refractivity contribution in [3.63, 3.8) is 0 Å². The van der Waals surface area contributed by atoms with Gasteiger partial charge in [0, 0.05) is 0 Å². The van der Waals surface area contributed by atoms with Crippen LogP contribution in [0.25, 0.3) is 0 Å². The van der Waals surface area contributed by atoms with Crippen LogP contribution >= 0.6 is 0 Å². The second kappa shape index (κ2) is 3.35. The lowest BCUT2D eigenvalue weighted by Crippen LogP contribution is -2.02. The fourth-order valence-electron chi connectivity index (χ4n) is 1.09. The third kappa shape index (κ3) is 2.19. The van der Waals surface area contributed by atoms with Crippen LogP contribution in [0.15, 0.2) is 23.1 Å². The van der Waals surface area contributed by atoms with Crippen LogP contribution in [-0.4, -0.2) is 18.1 Å². The van der Waals surface area contributed by atoms with Crippen LogP contribution in [0.1, 0.15) is 12.5 Å². The van der Waals surface area contributed by atoms with Crippen molar-refractivity contribution in [2.75, 3.05) is 0 Å². The first kappa shape index (κ1) is 10.0. The molecule has 0 amide bonds. The monoisotopic (exact) mass is 202 g/mol. The molecular weight excluding hydrogens is 192 g/mol. The van der Waals surface area contributed by atoms with E-state index in [4.69, 9.17) is 9.66 Å². The number of phenolic OH excluding ortho intramolecular Hbond substituents is 1. The predicted octanol–water partition coefficient (Wildman–Crippen LogP) is 1.20. The van der Waals surface area contributed by atoms with Gasteiger partial charge in [0.2, 0.25) is 0 Å². The molecule has 72 valence electrons. The van der Waals surface area contributed by atoms with Gasteiger partial charge in [-0.1, -0.05) is 6.92 Å². The van der Waals surface area contributed by atoms with Gasteiger partial charge in [-0.2, -0.15) is 8.42 Å². The van der Waals surface area contributed by atoms with E-state index in [-0.39, 0.29) is 10.6 Å². The third-order valence-corrected chi connectivity index (χ3v) is 2.66. The molecule has 0 saturated carbocycles. The Morgan fingerprint density at radius 3 is 2.46 bits per heavy atom. The Labute approximate surface area is 76.6 Å². The number of rotatable bonds is 2. The van der Waals surface area contributed by atoms with Gasteiger partial charge in [0.1, 0.15) is 5.75 Å². The lowest BCUT2D eigenvalue weighted by molar-refractivity contribution is 0.471. The molecule has 0 bridgehead atoms. The molecule has 0 aliphatic rings. The number of aryl methyl sites for hydroxylation is 1. The molecule has 0 fully saturated rings. The van der Waals surface area contributed by atoms with E-state index < -0.39 is 10.1 Å². The zero-order valence-corrected chi connectivity index (χ0v) is 7.87. The van der Waals surface area contributed by atoms with Crippen molar-refractivity contribution in [2.45, 2.75) is 18.2 Å². The molecule has 0 atom stereocenters. The van der Waals surface area contributed by atoms with Gasteiger partial charge in [-0.15, -0.1) is 0 Å². The Morgan fingerprint density at radius 1 is 1.38 bits per heavy atom. The minimum Gasteiger partial charge on any atom is -0.508 e. The summed E-state index contributed by atoms with van der Waals surface area (Å²) in [5.74, 6) is -0.00995. The Kier molecular flexibility index (Phi) is 2.58. The first-order valence-electron chi connectivity index (χ1n) is 3.74. The van der Waals surface area contributed by atoms with Crippen LogP contribution in [0, 0.1) is 0 Å². The largest absolute Gasteiger partial charge is 0.508 e. The average Bonchev–Trinajstić information content (AvgIpc) is 2.01. The molecule has 5 heteroatoms. The van der Waals surface area contributed by atoms with E-state index in [1.165, 1.54) is 18.2 Å². The van der Waals surface area contributed by atoms with Crippen LogP contribution in [0.4, 0.5) is 0 Å². The first-order chi connectivity index (χ1) is 5.95. The molecule has 13 heavy (non-hydrogen) atoms. The van der Waals surface area contributed by atoms with Crippen LogP contribution in [-0.2, 0) is 16.5 Å². The van der Waals surface area contributed by atoms with Crippen LogP contribution in [0.3, 0.4) is 0 Å². The fourth-order valence-corrected chi connectivity index (χ4v) is 1.87. The van der Waals surface area contributed by atoms with Crippen LogP contribution < -0.4 is 0 Å². The molecule has 0 radical (unpaired) electrons. The van der Waals surface area contributed by atoms with E-state index in [2.05, 4.69) is 0 Å². The first-order valence-corrected chi connectivity index (χ1v) is 5.18. The molecular formula is C8H10O4S. The molecule has 0 spiro atoms. The van der Waals surface area contributed by atoms with Crippen molar-refractivity contribution in [2.24, 2.45) is 0 Å². The van der Waals surface area contributed by atoms with Gasteiger partial charge >= 0.3 is 0 Å². The molecule has 2 N–H and O–H groups in total. The molecule has 1 aromatic carbocycles. The second-order valence-corrected chi connectivity index (χ2v) is 4.01. The van der Waals surface area contributed by atoms with E-state index in [1.54, 1.807) is 6.92 Å². The van der Waals surface area contributed by atoms with E-state index in [1.807, 2.05) is 0 Å². The number of aromatic hydroxyl groups is 1. The summed E-state index contributed by atoms with van der Waals surface area (Å²) in [5, 5.41) is 9.06. The molecule has 0 heterocycles. The number of phenols is 1. The number of hydrogen-bond acceptors (Lipinski definition) is 3. The molecule has 0 unspecified atom stereocenters. The Balaban J connectivity index is 3.39. The quantitative estimate of drug-likeness (QED) is 0.707. The van der Waals surface area contributed by atoms with Crippen LogP contribution in [0.5, 0.6) is 5.75 Å². The van der Waals surface area contributed by atoms with Crippen molar-refractivity contribution in [3.05, 3.63) is 23.8 Å². The molecule has 0 aromatic heterocycles. The highest BCUT2D eigenvalue weighted by molar-refractivity contribution is 7.85. The van der Waals surface area contributed by atoms with Crippen LogP contribution in [0.2, 0.25) is 0 Å². The van der Waals surface area contributed by atoms with Gasteiger partial charge in [-0.25, -0.2) is 0 Å². The topological polar surface area (TPSA) is 74.6 Å². The van der Waals surface area contributed by atoms with Crippen molar-refractivity contribution in [3.8, 4) is 5.75 Å². The summed E-state index contributed by atoms with van der Waals surface area (Å²) < 4.78 is 30.4. The Morgan fingerprint density at radius 2 is 2.00 bits per heavy atom. The average molecular weight is 202 g/mol. The van der Waals surface area contributed by atoms with Crippen molar-refractivity contribution >= 4 is 10.1 Å². The maximum absolute atomic E-state index is 10.8. The maximum atomic E-state index is 10.8. The van der Waals surface area contributed by atoms with E-state index >= 15 is 0 Å². The third-order valence-electron chi connectivity index (χ3n) is 1.70. The highest BCUT2D eigenvalue weighted by Gasteiger charge is 2.14. The van der Waals surface area contributed by atoms with E-state index in [9.17, 15) is 8.42 Å². The van der Waals surface area contributed by atoms with Gasteiger partial charge in [-0.05, 0) is 30.2 Å². The lowest BCUT2D eigenvalue weighted by atomic mass is 10.2. The van der Waals surface area contributed by atoms with Gasteiger partial charge in [0.05, 0.1) is 4.90 Å². The van der Waals surface area contributed by atoms with Gasteiger partial charge in [0.25, 0.3) is 10.1 Å². The zero-order chi connectivity index (χ0) is 10.1. The highest BCUT2D eigenvalue weighted by atomic mass is 32.2. The second-order valence-electron chi connectivity index (χ2n) is 2.62. The normalized spacial score (nSPS) is 11.5. The summed E-state index contributed by atoms with van der Waals surface area (Å²) in [6, 6.07) is 3.73. The fraction of sp³-hybridized carbons (Fsp3) is 0.250. The van der Waals surface area contributed by atoms with E-state index in [0.29, 0.717) is 12.0 Å². The summed E-state index contributed by atoms with van der Waals surface area (Å²) in [6.07, 6.45) is 0.434. The highest BCUT2D eigenvalue weighted by Crippen LogP contribution is 2.20. The minimum absolute atomic E-state index is 0.00995. The summed E-state index contributed by atoms with van der Waals surface area (Å²) >= 11 is 0. The minimum atomic E-state index is -4.17. The molecule has 0 aliphatic heterocycles. The number of hydrogen-bond donors (Lipinski definition) is 2. The summed E-state index contributed by atoms with van der Waals surface area (Å²) in [7, 11) is -4.17. The van der Waals surface area contributed by atoms with Crippen molar-refractivity contribution in [1.29, 1.82) is 0 Å². The summed E-state index contributed by atoms with van der Waals surface area (Å²) in [4.78, 5) is -0.146. The van der Waals surface area contributed by atoms with Gasteiger partial charge in [0.15, 0.2) is 0 Å². The Bertz CT molecular complexity index is 408. The van der Waals surface area contributed by atoms with E-state index in [0.717, 1.165) is 0 Å². The van der Waals surface area contributed by atoms with Crippen molar-refractivity contribution < 1.29 is 18.1 Å². The molecule has 0 saturated heterocycles. The standard InChI is InChI=1S/C8H10O4S/c1-2-6-5-7(9)3-4-8(6)13(10,11)12/h3-5,9H,2H2,1H3,(H,10,11,12). The SMILES string of the molecule is CCc1cc(O)ccc1S(=O)(=O)O. The Hall–Kier alpha value is -1.07. The summed E-state index contributed by atoms with van der Waals surface area (Å²) in [5.41, 5.74) is 0.405. The smallest absolute Gasteiger partial charge is 0.294 e. The number of benzene rings is 1. The van der Waals surface area contributed by atoms with Gasteiger partial charge in [-0.3, -0.25) is 4.55 Å². The van der Waals surface area contributed by atoms with Gasteiger partial charge < -0.3 is 5.11 Å². The van der Waals surface area contributed by atoms with Crippen molar-refractivity contribution in [1.82, 2.24) is 0 Å². The molecule has 0 aliphatic carbocycles. The molecule has 1 aromatic rings. The predicted molar refractivity (Wildman–Crippen MR) is 47.3 cm³/mol.